The van der Waals surface area contributed by atoms with Crippen molar-refractivity contribution in [1.82, 2.24) is 0 Å². The van der Waals surface area contributed by atoms with Crippen molar-refractivity contribution in [2.24, 2.45) is 11.3 Å². The van der Waals surface area contributed by atoms with Gasteiger partial charge < -0.3 is 4.74 Å². The molecule has 4 atom stereocenters. The standard InChI is InChI=1S/C13H19ClO2/c1-2-11-3-10-4-12(14,6-11)8-13(5-10,7-11)16-9-15/h9-10H,2-8H2,1H3. The Labute approximate surface area is 102 Å². The van der Waals surface area contributed by atoms with Crippen molar-refractivity contribution in [2.45, 2.75) is 62.3 Å². The van der Waals surface area contributed by atoms with E-state index in [0.29, 0.717) is 17.8 Å². The van der Waals surface area contributed by atoms with Crippen molar-refractivity contribution in [1.29, 1.82) is 0 Å². The van der Waals surface area contributed by atoms with Gasteiger partial charge in [-0.25, -0.2) is 0 Å². The molecular formula is C13H19ClO2. The van der Waals surface area contributed by atoms with Gasteiger partial charge in [0, 0.05) is 11.3 Å². The second kappa shape index (κ2) is 3.16. The number of carbonyl (C=O) groups excluding carboxylic acids is 1. The molecule has 0 amide bonds. The summed E-state index contributed by atoms with van der Waals surface area (Å²) < 4.78 is 5.47. The predicted octanol–water partition coefficient (Wildman–Crippen LogP) is 3.27. The second-order valence-electron chi connectivity index (χ2n) is 6.41. The minimum Gasteiger partial charge on any atom is -0.461 e. The summed E-state index contributed by atoms with van der Waals surface area (Å²) in [6.07, 6.45) is 7.67. The van der Waals surface area contributed by atoms with Gasteiger partial charge in [-0.2, -0.15) is 0 Å². The first-order valence-corrected chi connectivity index (χ1v) is 6.71. The Morgan fingerprint density at radius 3 is 2.75 bits per heavy atom. The molecule has 0 heterocycles. The van der Waals surface area contributed by atoms with Gasteiger partial charge in [0.15, 0.2) is 0 Å². The molecule has 0 aromatic carbocycles. The molecule has 16 heavy (non-hydrogen) atoms. The fraction of sp³-hybridized carbons (Fsp3) is 0.923. The third-order valence-corrected chi connectivity index (χ3v) is 5.53. The van der Waals surface area contributed by atoms with Gasteiger partial charge in [-0.15, -0.1) is 11.6 Å². The Morgan fingerprint density at radius 2 is 2.12 bits per heavy atom. The second-order valence-corrected chi connectivity index (χ2v) is 7.21. The van der Waals surface area contributed by atoms with Gasteiger partial charge in [-0.3, -0.25) is 4.79 Å². The van der Waals surface area contributed by atoms with E-state index in [1.165, 1.54) is 12.8 Å². The average molecular weight is 243 g/mol. The number of rotatable bonds is 3. The highest BCUT2D eigenvalue weighted by Gasteiger charge is 2.63. The highest BCUT2D eigenvalue weighted by molar-refractivity contribution is 6.24. The monoisotopic (exact) mass is 242 g/mol. The summed E-state index contributed by atoms with van der Waals surface area (Å²) in [6.45, 7) is 2.89. The van der Waals surface area contributed by atoms with E-state index in [2.05, 4.69) is 6.92 Å². The lowest BCUT2D eigenvalue weighted by atomic mass is 9.47. The molecule has 4 unspecified atom stereocenters. The maximum Gasteiger partial charge on any atom is 0.293 e. The minimum atomic E-state index is -0.223. The van der Waals surface area contributed by atoms with Crippen molar-refractivity contribution in [3.63, 3.8) is 0 Å². The molecule has 4 aliphatic rings. The van der Waals surface area contributed by atoms with Gasteiger partial charge in [-0.1, -0.05) is 13.3 Å². The fourth-order valence-electron chi connectivity index (χ4n) is 5.05. The molecule has 4 fully saturated rings. The van der Waals surface area contributed by atoms with Crippen molar-refractivity contribution >= 4 is 18.1 Å². The number of alkyl halides is 1. The molecule has 0 spiro atoms. The van der Waals surface area contributed by atoms with E-state index in [4.69, 9.17) is 16.3 Å². The molecule has 0 aromatic rings. The van der Waals surface area contributed by atoms with E-state index < -0.39 is 0 Å². The van der Waals surface area contributed by atoms with Crippen molar-refractivity contribution in [3.8, 4) is 0 Å². The smallest absolute Gasteiger partial charge is 0.293 e. The van der Waals surface area contributed by atoms with Gasteiger partial charge in [0.1, 0.15) is 5.60 Å². The summed E-state index contributed by atoms with van der Waals surface area (Å²) in [6, 6.07) is 0. The Morgan fingerprint density at radius 1 is 1.31 bits per heavy atom. The van der Waals surface area contributed by atoms with Crippen LogP contribution >= 0.6 is 11.6 Å². The van der Waals surface area contributed by atoms with E-state index in [0.717, 1.165) is 32.1 Å². The Balaban J connectivity index is 1.97. The number of ether oxygens (including phenoxy) is 1. The third kappa shape index (κ3) is 1.42. The number of hydrogen-bond donors (Lipinski definition) is 0. The van der Waals surface area contributed by atoms with E-state index >= 15 is 0 Å². The van der Waals surface area contributed by atoms with Crippen LogP contribution in [0.2, 0.25) is 0 Å². The molecule has 4 aliphatic carbocycles. The topological polar surface area (TPSA) is 26.3 Å². The quantitative estimate of drug-likeness (QED) is 0.561. The average Bonchev–Trinajstić information content (AvgIpc) is 2.13. The molecule has 0 aliphatic heterocycles. The minimum absolute atomic E-state index is 0.0849. The zero-order valence-corrected chi connectivity index (χ0v) is 10.6. The van der Waals surface area contributed by atoms with Crippen molar-refractivity contribution < 1.29 is 9.53 Å². The Kier molecular flexibility index (Phi) is 2.15. The first-order chi connectivity index (χ1) is 7.53. The number of hydrogen-bond acceptors (Lipinski definition) is 2. The number of carbonyl (C=O) groups is 1. The maximum atomic E-state index is 10.7. The first kappa shape index (κ1) is 10.9. The van der Waals surface area contributed by atoms with Crippen LogP contribution in [0.5, 0.6) is 0 Å². The summed E-state index contributed by atoms with van der Waals surface area (Å²) in [5.74, 6) is 0.675. The summed E-state index contributed by atoms with van der Waals surface area (Å²) in [4.78, 5) is 10.6. The van der Waals surface area contributed by atoms with Crippen LogP contribution in [0, 0.1) is 11.3 Å². The van der Waals surface area contributed by atoms with Crippen LogP contribution in [0.15, 0.2) is 0 Å². The van der Waals surface area contributed by atoms with E-state index in [1.54, 1.807) is 0 Å². The largest absolute Gasteiger partial charge is 0.461 e. The van der Waals surface area contributed by atoms with Gasteiger partial charge in [0.25, 0.3) is 6.47 Å². The summed E-state index contributed by atoms with van der Waals surface area (Å²) in [5.41, 5.74) is 0.128. The van der Waals surface area contributed by atoms with E-state index in [-0.39, 0.29) is 10.5 Å². The normalized spacial score (nSPS) is 54.0. The van der Waals surface area contributed by atoms with Crippen LogP contribution in [-0.4, -0.2) is 16.9 Å². The highest BCUT2D eigenvalue weighted by Crippen LogP contribution is 2.67. The van der Waals surface area contributed by atoms with Crippen LogP contribution in [0.3, 0.4) is 0 Å². The van der Waals surface area contributed by atoms with Crippen molar-refractivity contribution in [2.75, 3.05) is 0 Å². The Bertz CT molecular complexity index is 332. The lowest BCUT2D eigenvalue weighted by molar-refractivity contribution is -0.185. The molecule has 0 aromatic heterocycles. The van der Waals surface area contributed by atoms with Crippen molar-refractivity contribution in [3.05, 3.63) is 0 Å². The SMILES string of the molecule is CCC12CC3CC(Cl)(C1)CC(OC=O)(C3)C2. The molecular weight excluding hydrogens is 224 g/mol. The van der Waals surface area contributed by atoms with E-state index in [1.807, 2.05) is 0 Å². The molecule has 2 nitrogen and oxygen atoms in total. The molecule has 3 heteroatoms. The molecule has 0 N–H and O–H groups in total. The van der Waals surface area contributed by atoms with Crippen LogP contribution in [0.4, 0.5) is 0 Å². The molecule has 0 saturated heterocycles. The first-order valence-electron chi connectivity index (χ1n) is 6.33. The zero-order chi connectivity index (χ0) is 11.4. The summed E-state index contributed by atoms with van der Waals surface area (Å²) in [5, 5.41) is 0. The fourth-order valence-corrected chi connectivity index (χ4v) is 5.80. The summed E-state index contributed by atoms with van der Waals surface area (Å²) >= 11 is 6.73. The van der Waals surface area contributed by atoms with Gasteiger partial charge >= 0.3 is 0 Å². The summed E-state index contributed by atoms with van der Waals surface area (Å²) in [7, 11) is 0. The third-order valence-electron chi connectivity index (χ3n) is 5.11. The number of halogens is 1. The van der Waals surface area contributed by atoms with Gasteiger partial charge in [0.05, 0.1) is 0 Å². The maximum absolute atomic E-state index is 10.7. The van der Waals surface area contributed by atoms with Gasteiger partial charge in [0.2, 0.25) is 0 Å². The van der Waals surface area contributed by atoms with Gasteiger partial charge in [-0.05, 0) is 43.4 Å². The zero-order valence-electron chi connectivity index (χ0n) is 9.80. The highest BCUT2D eigenvalue weighted by atomic mass is 35.5. The van der Waals surface area contributed by atoms with Crippen LogP contribution in [0.1, 0.15) is 51.9 Å². The van der Waals surface area contributed by atoms with E-state index in [9.17, 15) is 4.79 Å². The van der Waals surface area contributed by atoms with Crippen LogP contribution in [-0.2, 0) is 9.53 Å². The van der Waals surface area contributed by atoms with Crippen LogP contribution in [0.25, 0.3) is 0 Å². The lowest BCUT2D eigenvalue weighted by Crippen LogP contribution is -2.61. The molecule has 90 valence electrons. The predicted molar refractivity (Wildman–Crippen MR) is 62.4 cm³/mol. The molecule has 4 saturated carbocycles. The molecule has 4 rings (SSSR count). The molecule has 0 radical (unpaired) electrons. The molecule has 4 bridgehead atoms. The van der Waals surface area contributed by atoms with Crippen LogP contribution < -0.4 is 0 Å². The Hall–Kier alpha value is -0.240. The lowest BCUT2D eigenvalue weighted by Gasteiger charge is -2.63.